The van der Waals surface area contributed by atoms with Gasteiger partial charge in [-0.2, -0.15) is 0 Å². The van der Waals surface area contributed by atoms with Crippen LogP contribution in [0.5, 0.6) is 0 Å². The average Bonchev–Trinajstić information content (AvgIpc) is 2.61. The summed E-state index contributed by atoms with van der Waals surface area (Å²) in [6.45, 7) is 1.89. The largest absolute Gasteiger partial charge is 0.383 e. The number of nitrogens with one attached hydrogen (secondary N) is 2. The van der Waals surface area contributed by atoms with Gasteiger partial charge in [0.25, 0.3) is 11.6 Å². The molecule has 0 fully saturated rings. The number of non-ortho nitro benzene ring substituents is 1. The summed E-state index contributed by atoms with van der Waals surface area (Å²) < 4.78 is 31.9. The number of rotatable bonds is 8. The van der Waals surface area contributed by atoms with Gasteiger partial charge >= 0.3 is 0 Å². The van der Waals surface area contributed by atoms with Gasteiger partial charge in [-0.3, -0.25) is 14.9 Å². The highest BCUT2D eigenvalue weighted by atomic mass is 32.2. The molecule has 0 saturated carbocycles. The van der Waals surface area contributed by atoms with Crippen LogP contribution in [0.2, 0.25) is 0 Å². The number of methoxy groups -OCH3 is 1. The number of nitrogens with zero attached hydrogens (tertiary/aromatic N) is 1. The summed E-state index contributed by atoms with van der Waals surface area (Å²) in [5, 5.41) is 13.3. The van der Waals surface area contributed by atoms with Crippen LogP contribution in [-0.4, -0.2) is 39.0 Å². The van der Waals surface area contributed by atoms with E-state index < -0.39 is 26.9 Å². The highest BCUT2D eigenvalue weighted by Crippen LogP contribution is 2.18. The van der Waals surface area contributed by atoms with E-state index in [1.54, 1.807) is 6.92 Å². The van der Waals surface area contributed by atoms with Gasteiger partial charge in [0, 0.05) is 36.5 Å². The second-order valence-electron chi connectivity index (χ2n) is 5.76. The monoisotopic (exact) mass is 393 g/mol. The first-order valence-corrected chi connectivity index (χ1v) is 9.38. The van der Waals surface area contributed by atoms with Crippen LogP contribution in [0.25, 0.3) is 0 Å². The molecule has 2 rings (SSSR count). The zero-order valence-electron chi connectivity index (χ0n) is 14.7. The highest BCUT2D eigenvalue weighted by Gasteiger charge is 2.18. The predicted molar refractivity (Wildman–Crippen MR) is 99.2 cm³/mol. The van der Waals surface area contributed by atoms with Crippen LogP contribution in [0.1, 0.15) is 17.3 Å². The van der Waals surface area contributed by atoms with E-state index in [0.717, 1.165) is 0 Å². The van der Waals surface area contributed by atoms with E-state index in [1.807, 2.05) is 0 Å². The molecular formula is C17H19N3O6S. The van der Waals surface area contributed by atoms with E-state index in [4.69, 9.17) is 4.74 Å². The lowest BCUT2D eigenvalue weighted by Gasteiger charge is -2.13. The number of sulfonamides is 1. The third-order valence-electron chi connectivity index (χ3n) is 3.51. The molecular weight excluding hydrogens is 374 g/mol. The maximum atomic E-state index is 12.3. The molecule has 2 aromatic carbocycles. The first-order chi connectivity index (χ1) is 12.7. The van der Waals surface area contributed by atoms with Crippen molar-refractivity contribution < 1.29 is 22.9 Å². The topological polar surface area (TPSA) is 128 Å². The number of amides is 1. The van der Waals surface area contributed by atoms with Crippen molar-refractivity contribution in [2.75, 3.05) is 19.0 Å². The summed E-state index contributed by atoms with van der Waals surface area (Å²) >= 11 is 0. The molecule has 2 N–H and O–H groups in total. The number of carbonyl (C=O) groups is 1. The number of hydrogen-bond acceptors (Lipinski definition) is 6. The van der Waals surface area contributed by atoms with Crippen LogP contribution in [0, 0.1) is 10.1 Å². The van der Waals surface area contributed by atoms with Gasteiger partial charge in [0.1, 0.15) is 0 Å². The molecule has 0 radical (unpaired) electrons. The standard InChI is InChI=1S/C17H19N3O6S/c1-12(11-26-2)19-27(24,25)16-8-6-13(7-9-16)17(21)18-14-4-3-5-15(10-14)20(22)23/h3-10,12,19H,11H2,1-2H3,(H,18,21)/t12-/m0/s1. The quantitative estimate of drug-likeness (QED) is 0.522. The fourth-order valence-electron chi connectivity index (χ4n) is 2.30. The molecule has 144 valence electrons. The van der Waals surface area contributed by atoms with Crippen LogP contribution < -0.4 is 10.0 Å². The van der Waals surface area contributed by atoms with Crippen molar-refractivity contribution in [3.63, 3.8) is 0 Å². The molecule has 0 saturated heterocycles. The molecule has 1 amide bonds. The van der Waals surface area contributed by atoms with E-state index in [1.165, 1.54) is 55.6 Å². The lowest BCUT2D eigenvalue weighted by Crippen LogP contribution is -2.35. The SMILES string of the molecule is COC[C@H](C)NS(=O)(=O)c1ccc(C(=O)Nc2cccc([N+](=O)[O-])c2)cc1. The van der Waals surface area contributed by atoms with Gasteiger partial charge in [0.15, 0.2) is 0 Å². The van der Waals surface area contributed by atoms with Crippen LogP contribution >= 0.6 is 0 Å². The Balaban J connectivity index is 2.11. The Labute approximate surface area is 156 Å². The third kappa shape index (κ3) is 5.58. The first-order valence-electron chi connectivity index (χ1n) is 7.90. The van der Waals surface area contributed by atoms with Gasteiger partial charge in [-0.15, -0.1) is 0 Å². The molecule has 0 heterocycles. The van der Waals surface area contributed by atoms with Crippen molar-refractivity contribution in [3.8, 4) is 0 Å². The van der Waals surface area contributed by atoms with E-state index >= 15 is 0 Å². The van der Waals surface area contributed by atoms with Crippen molar-refractivity contribution in [1.82, 2.24) is 4.72 Å². The minimum Gasteiger partial charge on any atom is -0.383 e. The van der Waals surface area contributed by atoms with Crippen LogP contribution in [0.4, 0.5) is 11.4 Å². The van der Waals surface area contributed by atoms with Crippen molar-refractivity contribution in [2.24, 2.45) is 0 Å². The second-order valence-corrected chi connectivity index (χ2v) is 7.48. The van der Waals surface area contributed by atoms with Gasteiger partial charge in [0.05, 0.1) is 16.4 Å². The van der Waals surface area contributed by atoms with Crippen LogP contribution in [-0.2, 0) is 14.8 Å². The van der Waals surface area contributed by atoms with Gasteiger partial charge in [0.2, 0.25) is 10.0 Å². The summed E-state index contributed by atoms with van der Waals surface area (Å²) in [6.07, 6.45) is 0. The molecule has 0 aromatic heterocycles. The average molecular weight is 393 g/mol. The summed E-state index contributed by atoms with van der Waals surface area (Å²) in [7, 11) is -2.26. The van der Waals surface area contributed by atoms with Crippen molar-refractivity contribution in [3.05, 3.63) is 64.2 Å². The number of anilines is 1. The van der Waals surface area contributed by atoms with Crippen molar-refractivity contribution >= 4 is 27.3 Å². The Morgan fingerprint density at radius 1 is 1.22 bits per heavy atom. The number of benzene rings is 2. The molecule has 0 unspecified atom stereocenters. The van der Waals surface area contributed by atoms with E-state index in [0.29, 0.717) is 0 Å². The molecule has 0 aliphatic heterocycles. The Bertz CT molecular complexity index is 928. The summed E-state index contributed by atoms with van der Waals surface area (Å²) in [6, 6.07) is 10.5. The van der Waals surface area contributed by atoms with Crippen molar-refractivity contribution in [2.45, 2.75) is 17.9 Å². The van der Waals surface area contributed by atoms with Gasteiger partial charge in [-0.1, -0.05) is 6.07 Å². The molecule has 2 aromatic rings. The van der Waals surface area contributed by atoms with E-state index in [-0.39, 0.29) is 28.4 Å². The fraction of sp³-hybridized carbons (Fsp3) is 0.235. The number of carbonyl (C=O) groups excluding carboxylic acids is 1. The minimum atomic E-state index is -3.73. The molecule has 10 heteroatoms. The molecule has 27 heavy (non-hydrogen) atoms. The number of hydrogen-bond donors (Lipinski definition) is 2. The smallest absolute Gasteiger partial charge is 0.271 e. The molecule has 0 aliphatic rings. The van der Waals surface area contributed by atoms with Gasteiger partial charge in [-0.05, 0) is 37.3 Å². The number of ether oxygens (including phenoxy) is 1. The summed E-state index contributed by atoms with van der Waals surface area (Å²) in [5.41, 5.74) is 0.330. The first kappa shape index (κ1) is 20.5. The normalized spacial score (nSPS) is 12.4. The zero-order chi connectivity index (χ0) is 20.0. The second kappa shape index (κ2) is 8.71. The van der Waals surface area contributed by atoms with Crippen LogP contribution in [0.3, 0.4) is 0 Å². The summed E-state index contributed by atoms with van der Waals surface area (Å²) in [5.74, 6) is -0.514. The van der Waals surface area contributed by atoms with Gasteiger partial charge < -0.3 is 10.1 Å². The Kier molecular flexibility index (Phi) is 6.61. The molecule has 0 aliphatic carbocycles. The highest BCUT2D eigenvalue weighted by molar-refractivity contribution is 7.89. The fourth-order valence-corrected chi connectivity index (χ4v) is 3.53. The molecule has 9 nitrogen and oxygen atoms in total. The Morgan fingerprint density at radius 2 is 1.89 bits per heavy atom. The van der Waals surface area contributed by atoms with Crippen molar-refractivity contribution in [1.29, 1.82) is 0 Å². The molecule has 1 atom stereocenters. The maximum absolute atomic E-state index is 12.3. The summed E-state index contributed by atoms with van der Waals surface area (Å²) in [4.78, 5) is 22.5. The predicted octanol–water partition coefficient (Wildman–Crippen LogP) is 2.16. The molecule has 0 bridgehead atoms. The Hall–Kier alpha value is -2.82. The van der Waals surface area contributed by atoms with E-state index in [9.17, 15) is 23.3 Å². The third-order valence-corrected chi connectivity index (χ3v) is 5.12. The number of nitro benzene ring substituents is 1. The van der Waals surface area contributed by atoms with Crippen LogP contribution in [0.15, 0.2) is 53.4 Å². The Morgan fingerprint density at radius 3 is 2.48 bits per heavy atom. The van der Waals surface area contributed by atoms with Gasteiger partial charge in [-0.25, -0.2) is 13.1 Å². The van der Waals surface area contributed by atoms with E-state index in [2.05, 4.69) is 10.0 Å². The lowest BCUT2D eigenvalue weighted by atomic mass is 10.2. The zero-order valence-corrected chi connectivity index (χ0v) is 15.5. The maximum Gasteiger partial charge on any atom is 0.271 e. The molecule has 0 spiro atoms. The minimum absolute atomic E-state index is 0.0114. The lowest BCUT2D eigenvalue weighted by molar-refractivity contribution is -0.384. The number of nitro groups is 1.